The van der Waals surface area contributed by atoms with Crippen LogP contribution in [0.4, 0.5) is 5.13 Å². The molecule has 7 nitrogen and oxygen atoms in total. The lowest BCUT2D eigenvalue weighted by atomic mass is 10.1. The number of likely N-dealkylation sites (N-methyl/N-ethyl adjacent to an activating group) is 1. The van der Waals surface area contributed by atoms with E-state index in [0.29, 0.717) is 10.7 Å². The predicted molar refractivity (Wildman–Crippen MR) is 119 cm³/mol. The summed E-state index contributed by atoms with van der Waals surface area (Å²) in [5.41, 5.74) is 3.81. The van der Waals surface area contributed by atoms with Crippen molar-refractivity contribution in [2.75, 3.05) is 26.0 Å². The van der Waals surface area contributed by atoms with E-state index in [9.17, 15) is 9.59 Å². The number of carbonyl (C=O) groups excluding carboxylic acids is 1. The molecule has 1 N–H and O–H groups in total. The molecule has 1 amide bonds. The Bertz CT molecular complexity index is 1150. The van der Waals surface area contributed by atoms with Gasteiger partial charge in [0, 0.05) is 19.2 Å². The smallest absolute Gasteiger partial charge is 0.268 e. The number of rotatable bonds is 6. The first kappa shape index (κ1) is 20.4. The lowest BCUT2D eigenvalue weighted by molar-refractivity contribution is 0.102. The normalized spacial score (nSPS) is 12.9. The van der Waals surface area contributed by atoms with Gasteiger partial charge in [-0.15, -0.1) is 10.2 Å². The minimum Gasteiger partial charge on any atom is -0.309 e. The van der Waals surface area contributed by atoms with E-state index < -0.39 is 5.91 Å². The average molecular weight is 424 g/mol. The summed E-state index contributed by atoms with van der Waals surface area (Å²) in [5, 5.41) is 12.2. The zero-order valence-electron chi connectivity index (χ0n) is 17.4. The van der Waals surface area contributed by atoms with Crippen LogP contribution in [-0.4, -0.2) is 46.2 Å². The molecule has 0 spiro atoms. The number of carbonyl (C=O) groups is 1. The van der Waals surface area contributed by atoms with E-state index in [1.165, 1.54) is 22.5 Å². The number of hydrogen-bond acceptors (Lipinski definition) is 6. The summed E-state index contributed by atoms with van der Waals surface area (Å²) in [5.74, 6) is -0.449. The third-order valence-corrected chi connectivity index (χ3v) is 6.27. The highest BCUT2D eigenvalue weighted by Crippen LogP contribution is 2.27. The third-order valence-electron chi connectivity index (χ3n) is 5.37. The summed E-state index contributed by atoms with van der Waals surface area (Å²) in [6.07, 6.45) is 5.59. The molecule has 0 radical (unpaired) electrons. The Balaban J connectivity index is 1.62. The summed E-state index contributed by atoms with van der Waals surface area (Å²) in [6.45, 7) is 2.63. The molecule has 0 saturated heterocycles. The molecule has 0 saturated carbocycles. The first-order valence-electron chi connectivity index (χ1n) is 10.1. The van der Waals surface area contributed by atoms with Crippen LogP contribution in [0.3, 0.4) is 0 Å². The molecule has 1 aliphatic carbocycles. The summed E-state index contributed by atoms with van der Waals surface area (Å²) in [6, 6.07) is 7.85. The van der Waals surface area contributed by atoms with Crippen molar-refractivity contribution in [1.29, 1.82) is 0 Å². The summed E-state index contributed by atoms with van der Waals surface area (Å²) < 4.78 is 1.59. The van der Waals surface area contributed by atoms with Gasteiger partial charge in [-0.25, -0.2) is 0 Å². The van der Waals surface area contributed by atoms with Crippen molar-refractivity contribution in [2.24, 2.45) is 0 Å². The first-order valence-corrected chi connectivity index (χ1v) is 10.9. The van der Waals surface area contributed by atoms with Crippen LogP contribution in [0.5, 0.6) is 0 Å². The fourth-order valence-electron chi connectivity index (χ4n) is 3.80. The molecule has 1 aliphatic rings. The molecular weight excluding hydrogens is 398 g/mol. The molecule has 3 aromatic rings. The molecule has 8 heteroatoms. The van der Waals surface area contributed by atoms with Crippen molar-refractivity contribution < 1.29 is 4.79 Å². The third kappa shape index (κ3) is 4.06. The number of nitrogens with one attached hydrogen (secondary N) is 1. The van der Waals surface area contributed by atoms with Gasteiger partial charge in [-0.1, -0.05) is 23.5 Å². The number of pyridine rings is 1. The Morgan fingerprint density at radius 3 is 2.87 bits per heavy atom. The molecular formula is C22H25N5O2S. The van der Waals surface area contributed by atoms with Gasteiger partial charge >= 0.3 is 0 Å². The second-order valence-corrected chi connectivity index (χ2v) is 8.89. The van der Waals surface area contributed by atoms with Gasteiger partial charge in [0.15, 0.2) is 0 Å². The van der Waals surface area contributed by atoms with Gasteiger partial charge in [0.1, 0.15) is 10.6 Å². The molecule has 0 bridgehead atoms. The highest BCUT2D eigenvalue weighted by atomic mass is 32.1. The number of anilines is 1. The highest BCUT2D eigenvalue weighted by Gasteiger charge is 2.21. The molecule has 156 valence electrons. The lowest BCUT2D eigenvalue weighted by Gasteiger charge is -2.13. The summed E-state index contributed by atoms with van der Waals surface area (Å²) >= 11 is 1.34. The second-order valence-electron chi connectivity index (χ2n) is 7.83. The van der Waals surface area contributed by atoms with Crippen molar-refractivity contribution in [3.63, 3.8) is 0 Å². The lowest BCUT2D eigenvalue weighted by Crippen LogP contribution is -2.29. The Hall–Kier alpha value is -2.84. The van der Waals surface area contributed by atoms with Crippen LogP contribution in [-0.2, 0) is 19.3 Å². The van der Waals surface area contributed by atoms with E-state index in [4.69, 9.17) is 0 Å². The molecule has 0 aliphatic heterocycles. The van der Waals surface area contributed by atoms with E-state index >= 15 is 0 Å². The van der Waals surface area contributed by atoms with Gasteiger partial charge in [-0.3, -0.25) is 19.5 Å². The van der Waals surface area contributed by atoms with Gasteiger partial charge in [-0.2, -0.15) is 0 Å². The monoisotopic (exact) mass is 423 g/mol. The van der Waals surface area contributed by atoms with E-state index in [0.717, 1.165) is 42.9 Å². The highest BCUT2D eigenvalue weighted by molar-refractivity contribution is 7.15. The molecule has 1 aromatic carbocycles. The maximum Gasteiger partial charge on any atom is 0.268 e. The Morgan fingerprint density at radius 1 is 1.23 bits per heavy atom. The fourth-order valence-corrected chi connectivity index (χ4v) is 4.53. The summed E-state index contributed by atoms with van der Waals surface area (Å²) in [7, 11) is 3.99. The second kappa shape index (κ2) is 8.49. The van der Waals surface area contributed by atoms with Crippen LogP contribution >= 0.6 is 11.3 Å². The Labute approximate surface area is 179 Å². The van der Waals surface area contributed by atoms with E-state index in [1.54, 1.807) is 17.7 Å². The van der Waals surface area contributed by atoms with Crippen molar-refractivity contribution in [3.05, 3.63) is 68.1 Å². The number of nitrogens with zero attached hydrogens (tertiary/aromatic N) is 4. The Morgan fingerprint density at radius 2 is 2.07 bits per heavy atom. The van der Waals surface area contributed by atoms with Crippen molar-refractivity contribution >= 4 is 22.4 Å². The fraction of sp³-hybridized carbons (Fsp3) is 0.364. The number of aromatic nitrogens is 3. The van der Waals surface area contributed by atoms with E-state index in [1.807, 2.05) is 32.3 Å². The predicted octanol–water partition coefficient (Wildman–Crippen LogP) is 2.84. The van der Waals surface area contributed by atoms with Crippen LogP contribution in [0, 0.1) is 6.92 Å². The number of amides is 1. The minimum absolute atomic E-state index is 0.137. The van der Waals surface area contributed by atoms with Crippen molar-refractivity contribution in [3.8, 4) is 5.69 Å². The zero-order chi connectivity index (χ0) is 21.3. The maximum absolute atomic E-state index is 13.3. The van der Waals surface area contributed by atoms with Crippen molar-refractivity contribution in [2.45, 2.75) is 32.6 Å². The largest absolute Gasteiger partial charge is 0.309 e. The number of benzene rings is 1. The van der Waals surface area contributed by atoms with Crippen LogP contribution in [0.1, 0.15) is 38.5 Å². The quantitative estimate of drug-likeness (QED) is 0.659. The van der Waals surface area contributed by atoms with Crippen LogP contribution in [0.25, 0.3) is 5.69 Å². The first-order chi connectivity index (χ1) is 14.4. The number of hydrogen-bond donors (Lipinski definition) is 1. The number of aryl methyl sites for hydroxylation is 2. The van der Waals surface area contributed by atoms with Gasteiger partial charge in [0.05, 0.1) is 5.69 Å². The maximum atomic E-state index is 13.3. The van der Waals surface area contributed by atoms with Crippen LogP contribution in [0.15, 0.2) is 35.3 Å². The molecule has 0 fully saturated rings. The Kier molecular flexibility index (Phi) is 5.78. The molecule has 2 aromatic heterocycles. The zero-order valence-corrected chi connectivity index (χ0v) is 18.3. The summed E-state index contributed by atoms with van der Waals surface area (Å²) in [4.78, 5) is 28.3. The van der Waals surface area contributed by atoms with Gasteiger partial charge in [0.2, 0.25) is 5.13 Å². The van der Waals surface area contributed by atoms with Gasteiger partial charge in [-0.05, 0) is 69.1 Å². The molecule has 30 heavy (non-hydrogen) atoms. The SMILES string of the molecule is Cc1ccn(-c2cccc3c2CCC3)c(=O)c1C(=O)Nc1nnc(CCN(C)C)s1. The van der Waals surface area contributed by atoms with Crippen molar-refractivity contribution in [1.82, 2.24) is 19.7 Å². The standard InChI is InChI=1S/C22H25N5O2S/c1-14-10-13-27(17-9-5-7-15-6-4-8-16(15)17)21(29)19(14)20(28)23-22-25-24-18(30-22)11-12-26(2)3/h5,7,9-10,13H,4,6,8,11-12H2,1-3H3,(H,23,25,28). The molecule has 4 rings (SSSR count). The van der Waals surface area contributed by atoms with Gasteiger partial charge in [0.25, 0.3) is 11.5 Å². The molecule has 2 heterocycles. The minimum atomic E-state index is -0.449. The number of fused-ring (bicyclic) bond motifs is 1. The van der Waals surface area contributed by atoms with E-state index in [2.05, 4.69) is 26.5 Å². The molecule has 0 unspecified atom stereocenters. The van der Waals surface area contributed by atoms with Crippen LogP contribution < -0.4 is 10.9 Å². The van der Waals surface area contributed by atoms with Crippen LogP contribution in [0.2, 0.25) is 0 Å². The average Bonchev–Trinajstić information content (AvgIpc) is 3.35. The van der Waals surface area contributed by atoms with Gasteiger partial charge < -0.3 is 4.90 Å². The topological polar surface area (TPSA) is 80.1 Å². The molecule has 0 atom stereocenters. The van der Waals surface area contributed by atoms with E-state index in [-0.39, 0.29) is 11.1 Å².